The van der Waals surface area contributed by atoms with Gasteiger partial charge in [-0.15, -0.1) is 24.2 Å². The summed E-state index contributed by atoms with van der Waals surface area (Å²) in [5.74, 6) is 0. The number of rotatable bonds is 4. The molecule has 1 rings (SSSR count). The van der Waals surface area contributed by atoms with Gasteiger partial charge in [0.05, 0.1) is 6.67 Å². The summed E-state index contributed by atoms with van der Waals surface area (Å²) in [5, 5.41) is 0. The summed E-state index contributed by atoms with van der Waals surface area (Å²) in [6, 6.07) is 7.79. The Morgan fingerprint density at radius 3 is 2.36 bits per heavy atom. The predicted molar refractivity (Wildman–Crippen MR) is 63.0 cm³/mol. The molecule has 4 heteroatoms. The molecule has 0 spiro atoms. The Hall–Kier alpha value is -0.250. The fraction of sp³-hybridized carbons (Fsp3) is 0.400. The molecule has 0 unspecified atom stereocenters. The number of hydrogen-bond acceptors (Lipinski definition) is 2. The van der Waals surface area contributed by atoms with Gasteiger partial charge in [-0.2, -0.15) is 0 Å². The topological polar surface area (TPSA) is 26.0 Å². The van der Waals surface area contributed by atoms with Gasteiger partial charge in [-0.25, -0.2) is 0 Å². The van der Waals surface area contributed by atoms with Crippen molar-refractivity contribution in [1.82, 2.24) is 0 Å². The second-order valence-corrected chi connectivity index (χ2v) is 3.74. The first kappa shape index (κ1) is 13.8. The van der Waals surface area contributed by atoms with E-state index < -0.39 is 0 Å². The Kier molecular flexibility index (Phi) is 6.97. The van der Waals surface area contributed by atoms with Crippen LogP contribution in [0.3, 0.4) is 0 Å². The molecule has 1 nitrogen and oxygen atoms in total. The highest BCUT2D eigenvalue weighted by Gasteiger charge is 2.04. The molecule has 0 aliphatic heterocycles. The highest BCUT2D eigenvalue weighted by atomic mass is 35.5. The van der Waals surface area contributed by atoms with Crippen LogP contribution >= 0.6 is 24.2 Å². The first-order chi connectivity index (χ1) is 6.27. The van der Waals surface area contributed by atoms with Gasteiger partial charge >= 0.3 is 0 Å². The van der Waals surface area contributed by atoms with Crippen molar-refractivity contribution in [2.75, 3.05) is 12.9 Å². The van der Waals surface area contributed by atoms with Crippen molar-refractivity contribution in [1.29, 1.82) is 0 Å². The standard InChI is InChI=1S/C10H14FNS.ClH/c1-13-9-4-2-8(3-5-9)10(12)6-7-11;/h2-5,10H,6-7,12H2,1H3;1H/t10-;/m0./s1. The molecule has 0 saturated heterocycles. The van der Waals surface area contributed by atoms with Gasteiger partial charge in [-0.1, -0.05) is 12.1 Å². The molecule has 0 heterocycles. The number of nitrogens with two attached hydrogens (primary N) is 1. The Labute approximate surface area is 94.7 Å². The summed E-state index contributed by atoms with van der Waals surface area (Å²) in [7, 11) is 0. The van der Waals surface area contributed by atoms with Crippen molar-refractivity contribution in [3.63, 3.8) is 0 Å². The zero-order chi connectivity index (χ0) is 9.68. The van der Waals surface area contributed by atoms with E-state index in [1.165, 1.54) is 4.90 Å². The molecule has 0 saturated carbocycles. The summed E-state index contributed by atoms with van der Waals surface area (Å²) in [4.78, 5) is 1.20. The molecule has 80 valence electrons. The van der Waals surface area contributed by atoms with Crippen LogP contribution in [0.25, 0.3) is 0 Å². The van der Waals surface area contributed by atoms with E-state index in [9.17, 15) is 4.39 Å². The van der Waals surface area contributed by atoms with E-state index in [2.05, 4.69) is 0 Å². The SMILES string of the molecule is CSc1ccc([C@@H](N)CCF)cc1.Cl. The monoisotopic (exact) mass is 235 g/mol. The minimum Gasteiger partial charge on any atom is -0.324 e. The van der Waals surface area contributed by atoms with Gasteiger partial charge < -0.3 is 5.73 Å². The molecule has 0 aromatic heterocycles. The smallest absolute Gasteiger partial charge is 0.0912 e. The zero-order valence-corrected chi connectivity index (χ0v) is 9.71. The summed E-state index contributed by atoms with van der Waals surface area (Å²) in [6.45, 7) is -0.356. The van der Waals surface area contributed by atoms with Crippen LogP contribution < -0.4 is 5.73 Å². The lowest BCUT2D eigenvalue weighted by Gasteiger charge is -2.09. The Morgan fingerprint density at radius 1 is 1.36 bits per heavy atom. The van der Waals surface area contributed by atoms with Crippen LogP contribution in [0, 0.1) is 0 Å². The lowest BCUT2D eigenvalue weighted by molar-refractivity contribution is 0.442. The lowest BCUT2D eigenvalue weighted by atomic mass is 10.1. The first-order valence-electron chi connectivity index (χ1n) is 4.23. The summed E-state index contributed by atoms with van der Waals surface area (Å²) < 4.78 is 12.0. The third-order valence-corrected chi connectivity index (χ3v) is 2.71. The summed E-state index contributed by atoms with van der Waals surface area (Å²) in [6.07, 6.45) is 2.43. The number of halogens is 2. The van der Waals surface area contributed by atoms with E-state index in [0.29, 0.717) is 6.42 Å². The molecule has 14 heavy (non-hydrogen) atoms. The quantitative estimate of drug-likeness (QED) is 0.812. The van der Waals surface area contributed by atoms with Crippen molar-refractivity contribution in [3.8, 4) is 0 Å². The van der Waals surface area contributed by atoms with E-state index in [4.69, 9.17) is 5.73 Å². The molecule has 1 aromatic carbocycles. The van der Waals surface area contributed by atoms with Crippen LogP contribution in [0.2, 0.25) is 0 Å². The van der Waals surface area contributed by atoms with Gasteiger partial charge in [0.2, 0.25) is 0 Å². The lowest BCUT2D eigenvalue weighted by Crippen LogP contribution is -2.10. The molecule has 0 fully saturated rings. The van der Waals surface area contributed by atoms with Crippen molar-refractivity contribution in [2.45, 2.75) is 17.4 Å². The largest absolute Gasteiger partial charge is 0.324 e. The number of thioether (sulfide) groups is 1. The van der Waals surface area contributed by atoms with Gasteiger partial charge in [0.15, 0.2) is 0 Å². The van der Waals surface area contributed by atoms with Crippen molar-refractivity contribution in [3.05, 3.63) is 29.8 Å². The Balaban J connectivity index is 0.00000169. The average molecular weight is 236 g/mol. The van der Waals surface area contributed by atoms with E-state index in [0.717, 1.165) is 5.56 Å². The van der Waals surface area contributed by atoms with Crippen molar-refractivity contribution in [2.24, 2.45) is 5.73 Å². The molecule has 2 N–H and O–H groups in total. The van der Waals surface area contributed by atoms with Gasteiger partial charge in [-0.3, -0.25) is 4.39 Å². The molecule has 0 aliphatic rings. The van der Waals surface area contributed by atoms with Crippen molar-refractivity contribution < 1.29 is 4.39 Å². The molecule has 1 aromatic rings. The van der Waals surface area contributed by atoms with Gasteiger partial charge in [0, 0.05) is 10.9 Å². The van der Waals surface area contributed by atoms with Gasteiger partial charge in [0.25, 0.3) is 0 Å². The maximum absolute atomic E-state index is 12.0. The molecule has 0 bridgehead atoms. The molecule has 0 amide bonds. The van der Waals surface area contributed by atoms with Gasteiger partial charge in [-0.05, 0) is 30.4 Å². The average Bonchev–Trinajstić information content (AvgIpc) is 2.18. The molecular weight excluding hydrogens is 221 g/mol. The second kappa shape index (κ2) is 7.10. The Bertz CT molecular complexity index is 253. The summed E-state index contributed by atoms with van der Waals surface area (Å²) >= 11 is 1.69. The van der Waals surface area contributed by atoms with Crippen LogP contribution in [0.4, 0.5) is 4.39 Å². The minimum absolute atomic E-state index is 0. The third-order valence-electron chi connectivity index (χ3n) is 1.96. The van der Waals surface area contributed by atoms with Crippen molar-refractivity contribution >= 4 is 24.2 Å². The van der Waals surface area contributed by atoms with Gasteiger partial charge in [0.1, 0.15) is 0 Å². The zero-order valence-electron chi connectivity index (χ0n) is 8.07. The van der Waals surface area contributed by atoms with Crippen LogP contribution in [0.1, 0.15) is 18.0 Å². The first-order valence-corrected chi connectivity index (χ1v) is 5.46. The molecule has 0 radical (unpaired) electrons. The van der Waals surface area contributed by atoms with Crippen LogP contribution in [-0.2, 0) is 0 Å². The highest BCUT2D eigenvalue weighted by Crippen LogP contribution is 2.19. The molecule has 0 aliphatic carbocycles. The fourth-order valence-electron chi connectivity index (χ4n) is 1.14. The maximum Gasteiger partial charge on any atom is 0.0912 e. The molecule has 1 atom stereocenters. The van der Waals surface area contributed by atoms with E-state index in [1.54, 1.807) is 11.8 Å². The normalized spacial score (nSPS) is 11.9. The fourth-order valence-corrected chi connectivity index (χ4v) is 1.54. The van der Waals surface area contributed by atoms with E-state index in [1.807, 2.05) is 30.5 Å². The van der Waals surface area contributed by atoms with E-state index >= 15 is 0 Å². The third kappa shape index (κ3) is 3.86. The second-order valence-electron chi connectivity index (χ2n) is 2.86. The minimum atomic E-state index is -0.356. The number of hydrogen-bond donors (Lipinski definition) is 1. The van der Waals surface area contributed by atoms with E-state index in [-0.39, 0.29) is 25.1 Å². The number of alkyl halides is 1. The van der Waals surface area contributed by atoms with Crippen LogP contribution in [-0.4, -0.2) is 12.9 Å². The van der Waals surface area contributed by atoms with Crippen LogP contribution in [0.15, 0.2) is 29.2 Å². The molecular formula is C10H15ClFNS. The van der Waals surface area contributed by atoms with Crippen LogP contribution in [0.5, 0.6) is 0 Å². The maximum atomic E-state index is 12.0. The highest BCUT2D eigenvalue weighted by molar-refractivity contribution is 7.98. The predicted octanol–water partition coefficient (Wildman–Crippen LogP) is 3.19. The number of benzene rings is 1. The summed E-state index contributed by atoms with van der Waals surface area (Å²) in [5.41, 5.74) is 6.76. The Morgan fingerprint density at radius 2 is 1.93 bits per heavy atom.